The van der Waals surface area contributed by atoms with Crippen molar-refractivity contribution in [2.24, 2.45) is 5.92 Å². The van der Waals surface area contributed by atoms with Crippen LogP contribution in [0.5, 0.6) is 5.75 Å². The molecule has 3 atom stereocenters. The molecule has 1 amide bonds. The number of nitrogens with one attached hydrogen (secondary N) is 1. The standard InChI is InChI=1S/C21H30N2O4/c1-4-21(20(25)26)13-17(19(24)22-15-7-5-6-8-15)18(23(21)2)14-9-11-16(27-3)12-10-14/h9-12,15,17-18H,4-8,13H2,1-3H3,(H,22,24)(H,25,26)/t17-,18-,21-/m1/s1. The maximum absolute atomic E-state index is 13.1. The van der Waals surface area contributed by atoms with Crippen molar-refractivity contribution < 1.29 is 19.4 Å². The van der Waals surface area contributed by atoms with E-state index in [9.17, 15) is 14.7 Å². The minimum atomic E-state index is -1.03. The van der Waals surface area contributed by atoms with E-state index in [4.69, 9.17) is 4.74 Å². The van der Waals surface area contributed by atoms with Crippen LogP contribution in [-0.2, 0) is 9.59 Å². The Labute approximate surface area is 160 Å². The first-order valence-electron chi connectivity index (χ1n) is 9.83. The van der Waals surface area contributed by atoms with Crippen LogP contribution in [-0.4, -0.2) is 47.6 Å². The number of carbonyl (C=O) groups excluding carboxylic acids is 1. The molecule has 0 aromatic heterocycles. The fourth-order valence-corrected chi connectivity index (χ4v) is 4.81. The highest BCUT2D eigenvalue weighted by molar-refractivity contribution is 5.85. The minimum Gasteiger partial charge on any atom is -0.497 e. The van der Waals surface area contributed by atoms with Gasteiger partial charge in [-0.05, 0) is 50.4 Å². The van der Waals surface area contributed by atoms with Crippen molar-refractivity contribution in [3.05, 3.63) is 29.8 Å². The number of ether oxygens (including phenoxy) is 1. The van der Waals surface area contributed by atoms with E-state index in [1.54, 1.807) is 7.11 Å². The van der Waals surface area contributed by atoms with Crippen LogP contribution in [0.3, 0.4) is 0 Å². The van der Waals surface area contributed by atoms with Gasteiger partial charge in [0.2, 0.25) is 5.91 Å². The summed E-state index contributed by atoms with van der Waals surface area (Å²) >= 11 is 0. The summed E-state index contributed by atoms with van der Waals surface area (Å²) in [5.41, 5.74) is -0.0797. The number of aliphatic carboxylic acids is 1. The van der Waals surface area contributed by atoms with Gasteiger partial charge < -0.3 is 15.2 Å². The zero-order chi connectivity index (χ0) is 19.6. The predicted molar refractivity (Wildman–Crippen MR) is 103 cm³/mol. The Morgan fingerprint density at radius 1 is 1.26 bits per heavy atom. The highest BCUT2D eigenvalue weighted by Crippen LogP contribution is 2.48. The number of carboxylic acid groups (broad SMARTS) is 1. The second kappa shape index (κ2) is 7.89. The number of nitrogens with zero attached hydrogens (tertiary/aromatic N) is 1. The molecular formula is C21H30N2O4. The van der Waals surface area contributed by atoms with Crippen LogP contribution in [0.4, 0.5) is 0 Å². The van der Waals surface area contributed by atoms with Gasteiger partial charge in [0.1, 0.15) is 11.3 Å². The highest BCUT2D eigenvalue weighted by Gasteiger charge is 2.56. The first kappa shape index (κ1) is 19.7. The van der Waals surface area contributed by atoms with E-state index in [0.29, 0.717) is 12.8 Å². The SMILES string of the molecule is CC[C@]1(C(=O)O)C[C@@H](C(=O)NC2CCCC2)[C@@H](c2ccc(OC)cc2)N1C. The van der Waals surface area contributed by atoms with E-state index in [2.05, 4.69) is 5.32 Å². The summed E-state index contributed by atoms with van der Waals surface area (Å²) in [6.45, 7) is 1.88. The van der Waals surface area contributed by atoms with E-state index in [-0.39, 0.29) is 23.9 Å². The normalized spacial score (nSPS) is 29.0. The number of benzene rings is 1. The fraction of sp³-hybridized carbons (Fsp3) is 0.619. The molecule has 2 fully saturated rings. The molecular weight excluding hydrogens is 344 g/mol. The van der Waals surface area contributed by atoms with Crippen molar-refractivity contribution in [3.8, 4) is 5.75 Å². The van der Waals surface area contributed by atoms with E-state index < -0.39 is 11.5 Å². The van der Waals surface area contributed by atoms with Gasteiger partial charge in [-0.1, -0.05) is 31.9 Å². The lowest BCUT2D eigenvalue weighted by molar-refractivity contribution is -0.150. The Balaban J connectivity index is 1.93. The molecule has 1 heterocycles. The van der Waals surface area contributed by atoms with Crippen molar-refractivity contribution >= 4 is 11.9 Å². The Morgan fingerprint density at radius 3 is 2.41 bits per heavy atom. The summed E-state index contributed by atoms with van der Waals surface area (Å²) in [5, 5.41) is 13.2. The van der Waals surface area contributed by atoms with Crippen molar-refractivity contribution in [2.45, 2.75) is 63.1 Å². The monoisotopic (exact) mass is 374 g/mol. The Morgan fingerprint density at radius 2 is 1.89 bits per heavy atom. The van der Waals surface area contributed by atoms with Crippen LogP contribution in [0, 0.1) is 5.92 Å². The van der Waals surface area contributed by atoms with Gasteiger partial charge in [0.25, 0.3) is 0 Å². The number of carboxylic acids is 1. The summed E-state index contributed by atoms with van der Waals surface area (Å²) < 4.78 is 5.23. The van der Waals surface area contributed by atoms with Crippen molar-refractivity contribution in [1.29, 1.82) is 0 Å². The number of hydrogen-bond donors (Lipinski definition) is 2. The summed E-state index contributed by atoms with van der Waals surface area (Å²) in [6, 6.07) is 7.55. The molecule has 27 heavy (non-hydrogen) atoms. The highest BCUT2D eigenvalue weighted by atomic mass is 16.5. The maximum Gasteiger partial charge on any atom is 0.324 e. The van der Waals surface area contributed by atoms with E-state index in [1.807, 2.05) is 43.1 Å². The third kappa shape index (κ3) is 3.55. The molecule has 6 nitrogen and oxygen atoms in total. The molecule has 0 spiro atoms. The molecule has 2 N–H and O–H groups in total. The van der Waals surface area contributed by atoms with Gasteiger partial charge in [-0.15, -0.1) is 0 Å². The molecule has 1 aliphatic heterocycles. The molecule has 1 saturated carbocycles. The van der Waals surface area contributed by atoms with Crippen LogP contribution in [0.2, 0.25) is 0 Å². The van der Waals surface area contributed by atoms with Crippen molar-refractivity contribution in [1.82, 2.24) is 10.2 Å². The zero-order valence-corrected chi connectivity index (χ0v) is 16.4. The molecule has 148 valence electrons. The molecule has 1 aliphatic carbocycles. The minimum absolute atomic E-state index is 0.0221. The number of rotatable bonds is 6. The average molecular weight is 374 g/mol. The third-order valence-corrected chi connectivity index (χ3v) is 6.51. The summed E-state index contributed by atoms with van der Waals surface area (Å²) in [4.78, 5) is 27.2. The third-order valence-electron chi connectivity index (χ3n) is 6.51. The van der Waals surface area contributed by atoms with E-state index >= 15 is 0 Å². The Bertz CT molecular complexity index is 684. The number of amides is 1. The van der Waals surface area contributed by atoms with E-state index in [1.165, 1.54) is 0 Å². The number of hydrogen-bond acceptors (Lipinski definition) is 4. The summed E-state index contributed by atoms with van der Waals surface area (Å²) in [6.07, 6.45) is 5.10. The van der Waals surface area contributed by atoms with E-state index in [0.717, 1.165) is 37.0 Å². The molecule has 3 rings (SSSR count). The number of likely N-dealkylation sites (tertiary alicyclic amines) is 1. The predicted octanol–water partition coefficient (Wildman–Crippen LogP) is 2.98. The Hall–Kier alpha value is -2.08. The molecule has 0 unspecified atom stereocenters. The lowest BCUT2D eigenvalue weighted by Gasteiger charge is -2.34. The smallest absolute Gasteiger partial charge is 0.324 e. The maximum atomic E-state index is 13.1. The molecule has 6 heteroatoms. The lowest BCUT2D eigenvalue weighted by atomic mass is 9.87. The number of methoxy groups -OCH3 is 1. The van der Waals surface area contributed by atoms with Crippen LogP contribution in [0.15, 0.2) is 24.3 Å². The summed E-state index contributed by atoms with van der Waals surface area (Å²) in [5.74, 6) is -0.528. The zero-order valence-electron chi connectivity index (χ0n) is 16.4. The summed E-state index contributed by atoms with van der Waals surface area (Å²) in [7, 11) is 3.44. The van der Waals surface area contributed by atoms with Gasteiger partial charge in [-0.2, -0.15) is 0 Å². The van der Waals surface area contributed by atoms with Gasteiger partial charge in [-0.3, -0.25) is 14.5 Å². The van der Waals surface area contributed by atoms with Crippen molar-refractivity contribution in [2.75, 3.05) is 14.2 Å². The van der Waals surface area contributed by atoms with Crippen LogP contribution in [0.25, 0.3) is 0 Å². The lowest BCUT2D eigenvalue weighted by Crippen LogP contribution is -2.48. The first-order valence-corrected chi connectivity index (χ1v) is 9.83. The van der Waals surface area contributed by atoms with Gasteiger partial charge in [0.05, 0.1) is 13.0 Å². The van der Waals surface area contributed by atoms with Crippen LogP contribution in [0.1, 0.15) is 57.1 Å². The largest absolute Gasteiger partial charge is 0.497 e. The second-order valence-electron chi connectivity index (χ2n) is 7.82. The second-order valence-corrected chi connectivity index (χ2v) is 7.82. The fourth-order valence-electron chi connectivity index (χ4n) is 4.81. The molecule has 1 aromatic carbocycles. The molecule has 1 aromatic rings. The van der Waals surface area contributed by atoms with Gasteiger partial charge in [0, 0.05) is 12.1 Å². The first-order chi connectivity index (χ1) is 12.9. The van der Waals surface area contributed by atoms with Crippen LogP contribution >= 0.6 is 0 Å². The average Bonchev–Trinajstić information content (AvgIpc) is 3.28. The van der Waals surface area contributed by atoms with Gasteiger partial charge >= 0.3 is 5.97 Å². The van der Waals surface area contributed by atoms with Gasteiger partial charge in [0.15, 0.2) is 0 Å². The molecule has 1 saturated heterocycles. The van der Waals surface area contributed by atoms with Crippen molar-refractivity contribution in [3.63, 3.8) is 0 Å². The van der Waals surface area contributed by atoms with Crippen LogP contribution < -0.4 is 10.1 Å². The quantitative estimate of drug-likeness (QED) is 0.800. The molecule has 0 bridgehead atoms. The number of likely N-dealkylation sites (N-methyl/N-ethyl adjacent to an activating group) is 1. The Kier molecular flexibility index (Phi) is 5.75. The molecule has 2 aliphatic rings. The topological polar surface area (TPSA) is 78.9 Å². The van der Waals surface area contributed by atoms with Gasteiger partial charge in [-0.25, -0.2) is 0 Å². The molecule has 0 radical (unpaired) electrons. The number of carbonyl (C=O) groups is 2.